The lowest BCUT2D eigenvalue weighted by Crippen LogP contribution is -2.54. The van der Waals surface area contributed by atoms with Crippen LogP contribution in [0.15, 0.2) is 60.2 Å². The van der Waals surface area contributed by atoms with E-state index < -0.39 is 64.6 Å². The Bertz CT molecular complexity index is 2810. The van der Waals surface area contributed by atoms with Crippen LogP contribution in [0.1, 0.15) is 223 Å². The van der Waals surface area contributed by atoms with Crippen molar-refractivity contribution in [2.75, 3.05) is 37.7 Å². The molecule has 3 unspecified atom stereocenters. The number of hydrogen-bond donors (Lipinski definition) is 4. The zero-order valence-electron chi connectivity index (χ0n) is 57.5. The smallest absolute Gasteiger partial charge is 0.410 e. The van der Waals surface area contributed by atoms with Crippen molar-refractivity contribution in [3.05, 3.63) is 71.3 Å². The fraction of sp³-hybridized carbons (Fsp3) is 0.712. The van der Waals surface area contributed by atoms with Gasteiger partial charge in [-0.25, -0.2) is 9.59 Å². The van der Waals surface area contributed by atoms with Gasteiger partial charge in [-0.15, -0.1) is 0 Å². The Kier molecular flexibility index (Phi) is 26.0. The van der Waals surface area contributed by atoms with Gasteiger partial charge in [0.05, 0.1) is 0 Å². The largest absolute Gasteiger partial charge is 0.460 e. The number of amides is 5. The number of carbonyl (C=O) groups excluding carboxylic acids is 7. The maximum atomic E-state index is 14.3. The van der Waals surface area contributed by atoms with Crippen LogP contribution >= 0.6 is 21.6 Å². The summed E-state index contributed by atoms with van der Waals surface area (Å²) in [6, 6.07) is 13.8. The van der Waals surface area contributed by atoms with Crippen LogP contribution in [-0.2, 0) is 42.9 Å². The van der Waals surface area contributed by atoms with Gasteiger partial charge in [0, 0.05) is 62.4 Å². The number of alkyl carbamates (subject to hydrolysis) is 1. The van der Waals surface area contributed by atoms with Crippen LogP contribution < -0.4 is 21.3 Å². The first-order valence-corrected chi connectivity index (χ1v) is 36.7. The summed E-state index contributed by atoms with van der Waals surface area (Å²) in [7, 11) is 2.91. The molecule has 2 aromatic carbocycles. The Morgan fingerprint density at radius 3 is 1.86 bits per heavy atom. The van der Waals surface area contributed by atoms with Gasteiger partial charge in [0.25, 0.3) is 0 Å². The topological polar surface area (TPSA) is 208 Å². The second kappa shape index (κ2) is 32.3. The summed E-state index contributed by atoms with van der Waals surface area (Å²) in [5.41, 5.74) is 4.23. The summed E-state index contributed by atoms with van der Waals surface area (Å²) < 4.78 is 22.9. The highest BCUT2D eigenvalue weighted by Gasteiger charge is 2.59. The van der Waals surface area contributed by atoms with Gasteiger partial charge in [0.1, 0.15) is 35.5 Å². The zero-order chi connectivity index (χ0) is 66.5. The molecule has 5 aliphatic carbocycles. The molecule has 3 fully saturated rings. The standard InChI is InChI=1S/C73H111N5O11S2/c1-47(2)21-19-22-48(3)57-29-30-58-55-28-27-49-45-50(35-38-72(49,13)59(55)36-39-73(57,58)14)78(68(85)89-71(10,11)12)42-20-40-74-65(82)60(31-33-63(80)87-69(4,5)6)77-66(83)61(32-34-64(81)88-70(7,8)9)76-62(79)37-43-90-91-44-41-75-67(84)86-46-56-53-25-17-15-23-51(53)52-24-16-18-26-54(52)56/h15-18,23-27,47-48,50,55-61H,19-22,28-46H2,1-14H3,(H,74,82)(H,75,84)(H,76,79)(H,77,83)/t48-,50+,55?,57-,58?,59?,60+,61+,72+,73-/m1/s1. The van der Waals surface area contributed by atoms with Crippen molar-refractivity contribution in [2.24, 2.45) is 46.3 Å². The number of benzene rings is 2. The van der Waals surface area contributed by atoms with Crippen LogP contribution in [0.4, 0.5) is 9.59 Å². The number of rotatable bonds is 29. The first-order chi connectivity index (χ1) is 42.9. The molecule has 0 aromatic heterocycles. The van der Waals surface area contributed by atoms with Crippen molar-refractivity contribution in [1.82, 2.24) is 26.2 Å². The van der Waals surface area contributed by atoms with E-state index in [1.54, 1.807) is 41.5 Å². The second-order valence-corrected chi connectivity index (χ2v) is 33.3. The molecular weight excluding hydrogens is 1190 g/mol. The molecule has 3 saturated carbocycles. The molecule has 0 saturated heterocycles. The van der Waals surface area contributed by atoms with Crippen molar-refractivity contribution in [3.63, 3.8) is 0 Å². The average molecular weight is 1300 g/mol. The number of allylic oxidation sites excluding steroid dienone is 1. The van der Waals surface area contributed by atoms with E-state index in [1.807, 2.05) is 49.9 Å². The minimum absolute atomic E-state index is 0.0357. The molecule has 7 rings (SSSR count). The van der Waals surface area contributed by atoms with Crippen molar-refractivity contribution in [3.8, 4) is 11.1 Å². The Balaban J connectivity index is 0.929. The van der Waals surface area contributed by atoms with E-state index in [-0.39, 0.29) is 68.7 Å². The SMILES string of the molecule is CC(C)CCC[C@@H](C)[C@H]1CCC2C3CC=C4C[C@@H](N(CCCNC(=O)[C@H](CCC(=O)OC(C)(C)C)NC(=O)[C@H](CCC(=O)OC(C)(C)C)NC(=O)CCSSCCNC(=O)OCC5c6ccccc6-c6ccccc65)C(=O)OC(C)(C)C)CC[C@]4(C)C3CC[C@@]21C. The maximum Gasteiger partial charge on any atom is 0.410 e. The van der Waals surface area contributed by atoms with Crippen LogP contribution in [0.25, 0.3) is 11.1 Å². The fourth-order valence-electron chi connectivity index (χ4n) is 15.7. The molecular formula is C73H111N5O11S2. The number of carbonyl (C=O) groups is 7. The summed E-state index contributed by atoms with van der Waals surface area (Å²) >= 11 is 0. The monoisotopic (exact) mass is 1300 g/mol. The lowest BCUT2D eigenvalue weighted by Gasteiger charge is -2.59. The Labute approximate surface area is 552 Å². The van der Waals surface area contributed by atoms with Gasteiger partial charge in [-0.2, -0.15) is 0 Å². The number of fused-ring (bicyclic) bond motifs is 8. The van der Waals surface area contributed by atoms with Crippen molar-refractivity contribution in [2.45, 2.75) is 247 Å². The van der Waals surface area contributed by atoms with Gasteiger partial charge < -0.3 is 45.1 Å². The molecule has 506 valence electrons. The lowest BCUT2D eigenvalue weighted by molar-refractivity contribution is -0.156. The number of esters is 2. The molecule has 0 radical (unpaired) electrons. The quantitative estimate of drug-likeness (QED) is 0.0197. The highest BCUT2D eigenvalue weighted by atomic mass is 33.1. The molecule has 0 spiro atoms. The highest BCUT2D eigenvalue weighted by molar-refractivity contribution is 8.76. The molecule has 0 bridgehead atoms. The van der Waals surface area contributed by atoms with Crippen molar-refractivity contribution >= 4 is 63.4 Å². The third-order valence-corrected chi connectivity index (χ3v) is 22.3. The third-order valence-electron chi connectivity index (χ3n) is 19.9. The van der Waals surface area contributed by atoms with E-state index in [0.717, 1.165) is 71.6 Å². The van der Waals surface area contributed by atoms with Gasteiger partial charge in [-0.05, 0) is 202 Å². The highest BCUT2D eigenvalue weighted by Crippen LogP contribution is 2.67. The molecule has 18 heteroatoms. The second-order valence-electron chi connectivity index (χ2n) is 30.6. The Morgan fingerprint density at radius 2 is 1.24 bits per heavy atom. The van der Waals surface area contributed by atoms with Crippen LogP contribution in [0.2, 0.25) is 0 Å². The Hall–Kier alpha value is -5.23. The summed E-state index contributed by atoms with van der Waals surface area (Å²) in [6.07, 6.45) is 14.5. The summed E-state index contributed by atoms with van der Waals surface area (Å²) in [6.45, 7) is 29.5. The van der Waals surface area contributed by atoms with Gasteiger partial charge >= 0.3 is 24.1 Å². The molecule has 4 N–H and O–H groups in total. The van der Waals surface area contributed by atoms with E-state index in [2.05, 4.69) is 86.2 Å². The minimum atomic E-state index is -1.23. The zero-order valence-corrected chi connectivity index (χ0v) is 59.1. The van der Waals surface area contributed by atoms with Crippen LogP contribution in [0.5, 0.6) is 0 Å². The van der Waals surface area contributed by atoms with Crippen LogP contribution in [-0.4, -0.2) is 119 Å². The predicted molar refractivity (Wildman–Crippen MR) is 364 cm³/mol. The van der Waals surface area contributed by atoms with E-state index in [4.69, 9.17) is 18.9 Å². The van der Waals surface area contributed by atoms with Crippen molar-refractivity contribution < 1.29 is 52.5 Å². The molecule has 10 atom stereocenters. The predicted octanol–water partition coefficient (Wildman–Crippen LogP) is 14.7. The van der Waals surface area contributed by atoms with E-state index in [0.29, 0.717) is 48.3 Å². The van der Waals surface area contributed by atoms with Gasteiger partial charge in [-0.3, -0.25) is 24.0 Å². The number of nitrogens with zero attached hydrogens (tertiary/aromatic N) is 1. The molecule has 91 heavy (non-hydrogen) atoms. The normalized spacial score (nSPS) is 23.7. The van der Waals surface area contributed by atoms with Gasteiger partial charge in [0.2, 0.25) is 17.7 Å². The minimum Gasteiger partial charge on any atom is -0.460 e. The molecule has 16 nitrogen and oxygen atoms in total. The third kappa shape index (κ3) is 20.6. The average Bonchev–Trinajstić information content (AvgIpc) is 1.71. The van der Waals surface area contributed by atoms with E-state index in [1.165, 1.54) is 72.1 Å². The molecule has 5 amide bonds. The molecule has 2 aromatic rings. The molecule has 0 aliphatic heterocycles. The number of ether oxygens (including phenoxy) is 4. The molecule has 5 aliphatic rings. The first-order valence-electron chi connectivity index (χ1n) is 34.2. The summed E-state index contributed by atoms with van der Waals surface area (Å²) in [4.78, 5) is 97.1. The van der Waals surface area contributed by atoms with Crippen LogP contribution in [0.3, 0.4) is 0 Å². The number of nitrogens with one attached hydrogen (secondary N) is 4. The molecule has 0 heterocycles. The summed E-state index contributed by atoms with van der Waals surface area (Å²) in [5.74, 6) is 2.45. The van der Waals surface area contributed by atoms with E-state index >= 15 is 0 Å². The van der Waals surface area contributed by atoms with Gasteiger partial charge in [0.15, 0.2) is 0 Å². The first kappa shape index (κ1) is 73.2. The van der Waals surface area contributed by atoms with Crippen molar-refractivity contribution in [1.29, 1.82) is 0 Å². The van der Waals surface area contributed by atoms with Crippen LogP contribution in [0, 0.1) is 46.3 Å². The number of hydrogen-bond acceptors (Lipinski definition) is 13. The fourth-order valence-corrected chi connectivity index (χ4v) is 17.6. The Morgan fingerprint density at radius 1 is 0.637 bits per heavy atom. The van der Waals surface area contributed by atoms with E-state index in [9.17, 15) is 33.6 Å². The van der Waals surface area contributed by atoms with Gasteiger partial charge in [-0.1, -0.05) is 136 Å². The maximum absolute atomic E-state index is 14.3. The summed E-state index contributed by atoms with van der Waals surface area (Å²) in [5, 5.41) is 11.4. The lowest BCUT2D eigenvalue weighted by atomic mass is 9.46.